The van der Waals surface area contributed by atoms with E-state index in [0.29, 0.717) is 17.8 Å². The molecule has 1 unspecified atom stereocenters. The molecule has 0 amide bonds. The predicted octanol–water partition coefficient (Wildman–Crippen LogP) is 1.36. The van der Waals surface area contributed by atoms with Crippen LogP contribution in [0.2, 0.25) is 0 Å². The van der Waals surface area contributed by atoms with Gasteiger partial charge in [0.2, 0.25) is 5.89 Å². The summed E-state index contributed by atoms with van der Waals surface area (Å²) >= 11 is 0. The fourth-order valence-corrected chi connectivity index (χ4v) is 2.57. The highest BCUT2D eigenvalue weighted by Crippen LogP contribution is 2.21. The molecule has 1 N–H and O–H groups in total. The van der Waals surface area contributed by atoms with Crippen LogP contribution in [0, 0.1) is 5.92 Å². The first-order valence-electron chi connectivity index (χ1n) is 6.82. The molecule has 1 fully saturated rings. The molecule has 106 valence electrons. The third kappa shape index (κ3) is 4.02. The molecule has 1 aliphatic heterocycles. The molecule has 0 radical (unpaired) electrons. The summed E-state index contributed by atoms with van der Waals surface area (Å²) in [5.41, 5.74) is 0. The Bertz CT molecular complexity index is 431. The minimum absolute atomic E-state index is 0.194. The lowest BCUT2D eigenvalue weighted by Crippen LogP contribution is -2.40. The Morgan fingerprint density at radius 3 is 3.05 bits per heavy atom. The minimum Gasteiger partial charge on any atom is -0.481 e. The van der Waals surface area contributed by atoms with Crippen LogP contribution in [0.5, 0.6) is 0 Å². The largest absolute Gasteiger partial charge is 0.481 e. The van der Waals surface area contributed by atoms with E-state index in [0.717, 1.165) is 19.5 Å². The van der Waals surface area contributed by atoms with E-state index < -0.39 is 5.97 Å². The van der Waals surface area contributed by atoms with Gasteiger partial charge in [0.25, 0.3) is 0 Å². The molecule has 1 atom stereocenters. The molecule has 1 saturated heterocycles. The highest BCUT2D eigenvalue weighted by Gasteiger charge is 2.23. The Hall–Kier alpha value is -1.43. The average molecular weight is 267 g/mol. The van der Waals surface area contributed by atoms with Crippen molar-refractivity contribution in [2.24, 2.45) is 5.92 Å². The fraction of sp³-hybridized carbons (Fsp3) is 0.769. The quantitative estimate of drug-likeness (QED) is 0.867. The second-order valence-corrected chi connectivity index (χ2v) is 5.48. The van der Waals surface area contributed by atoms with Crippen molar-refractivity contribution in [2.75, 3.05) is 13.1 Å². The van der Waals surface area contributed by atoms with E-state index in [1.807, 2.05) is 0 Å². The predicted molar refractivity (Wildman–Crippen MR) is 68.8 cm³/mol. The number of rotatable bonds is 5. The minimum atomic E-state index is -0.946. The van der Waals surface area contributed by atoms with Gasteiger partial charge in [0.05, 0.1) is 0 Å². The third-order valence-electron chi connectivity index (χ3n) is 3.56. The zero-order chi connectivity index (χ0) is 13.8. The standard InChI is InChI=1S/C13H21N3O3/c1-9(2)16-5-3-4-10(8-16)6-11-14-12(19-15-11)7-13(17)18/h9-10H,3-8H2,1-2H3,(H,17,18). The molecular weight excluding hydrogens is 246 g/mol. The number of carboxylic acid groups (broad SMARTS) is 1. The summed E-state index contributed by atoms with van der Waals surface area (Å²) in [6, 6.07) is 0.565. The van der Waals surface area contributed by atoms with Crippen molar-refractivity contribution in [2.45, 2.75) is 45.6 Å². The number of likely N-dealkylation sites (tertiary alicyclic amines) is 1. The maximum Gasteiger partial charge on any atom is 0.312 e. The molecule has 1 aliphatic rings. The third-order valence-corrected chi connectivity index (χ3v) is 3.56. The Balaban J connectivity index is 1.89. The van der Waals surface area contributed by atoms with Crippen LogP contribution < -0.4 is 0 Å². The number of piperidine rings is 1. The van der Waals surface area contributed by atoms with Gasteiger partial charge in [0.15, 0.2) is 5.82 Å². The van der Waals surface area contributed by atoms with E-state index in [-0.39, 0.29) is 12.3 Å². The van der Waals surface area contributed by atoms with Crippen LogP contribution in [0.25, 0.3) is 0 Å². The van der Waals surface area contributed by atoms with Gasteiger partial charge in [0.1, 0.15) is 6.42 Å². The highest BCUT2D eigenvalue weighted by molar-refractivity contribution is 5.68. The monoisotopic (exact) mass is 267 g/mol. The lowest BCUT2D eigenvalue weighted by molar-refractivity contribution is -0.136. The summed E-state index contributed by atoms with van der Waals surface area (Å²) in [6.07, 6.45) is 2.94. The summed E-state index contributed by atoms with van der Waals surface area (Å²) < 4.78 is 4.94. The Labute approximate surface area is 112 Å². The van der Waals surface area contributed by atoms with Crippen molar-refractivity contribution in [3.8, 4) is 0 Å². The maximum absolute atomic E-state index is 10.6. The van der Waals surface area contributed by atoms with E-state index in [9.17, 15) is 4.79 Å². The number of carboxylic acids is 1. The molecule has 1 aromatic heterocycles. The van der Waals surface area contributed by atoms with Crippen LogP contribution in [-0.2, 0) is 17.6 Å². The first-order valence-corrected chi connectivity index (χ1v) is 6.82. The second-order valence-electron chi connectivity index (χ2n) is 5.48. The summed E-state index contributed by atoms with van der Waals surface area (Å²) in [6.45, 7) is 6.63. The van der Waals surface area contributed by atoms with Gasteiger partial charge in [-0.05, 0) is 39.2 Å². The summed E-state index contributed by atoms with van der Waals surface area (Å²) in [4.78, 5) is 17.2. The van der Waals surface area contributed by atoms with Crippen molar-refractivity contribution >= 4 is 5.97 Å². The molecule has 2 rings (SSSR count). The van der Waals surface area contributed by atoms with Crippen LogP contribution in [0.15, 0.2) is 4.52 Å². The number of aliphatic carboxylic acids is 1. The van der Waals surface area contributed by atoms with Gasteiger partial charge in [-0.25, -0.2) is 0 Å². The van der Waals surface area contributed by atoms with E-state index in [1.54, 1.807) is 0 Å². The van der Waals surface area contributed by atoms with Gasteiger partial charge in [-0.3, -0.25) is 4.79 Å². The first kappa shape index (κ1) is 14.0. The van der Waals surface area contributed by atoms with Crippen molar-refractivity contribution in [3.63, 3.8) is 0 Å². The molecule has 0 spiro atoms. The van der Waals surface area contributed by atoms with Crippen molar-refractivity contribution in [1.82, 2.24) is 15.0 Å². The molecule has 0 aromatic carbocycles. The Kier molecular flexibility index (Phi) is 4.52. The van der Waals surface area contributed by atoms with Crippen molar-refractivity contribution in [3.05, 3.63) is 11.7 Å². The van der Waals surface area contributed by atoms with Gasteiger partial charge in [-0.1, -0.05) is 5.16 Å². The maximum atomic E-state index is 10.6. The first-order chi connectivity index (χ1) is 9.04. The summed E-state index contributed by atoms with van der Waals surface area (Å²) in [5, 5.41) is 12.5. The highest BCUT2D eigenvalue weighted by atomic mass is 16.5. The number of hydrogen-bond acceptors (Lipinski definition) is 5. The van der Waals surface area contributed by atoms with Crippen LogP contribution in [0.3, 0.4) is 0 Å². The number of nitrogens with zero attached hydrogens (tertiary/aromatic N) is 3. The average Bonchev–Trinajstić information content (AvgIpc) is 2.76. The van der Waals surface area contributed by atoms with Gasteiger partial charge in [-0.2, -0.15) is 4.98 Å². The molecule has 0 bridgehead atoms. The molecule has 2 heterocycles. The molecule has 6 heteroatoms. The van der Waals surface area contributed by atoms with Crippen LogP contribution >= 0.6 is 0 Å². The van der Waals surface area contributed by atoms with E-state index in [2.05, 4.69) is 28.9 Å². The van der Waals surface area contributed by atoms with Gasteiger partial charge in [0, 0.05) is 19.0 Å². The van der Waals surface area contributed by atoms with Crippen LogP contribution in [0.1, 0.15) is 38.4 Å². The number of hydrogen-bond donors (Lipinski definition) is 1. The zero-order valence-electron chi connectivity index (χ0n) is 11.5. The summed E-state index contributed by atoms with van der Waals surface area (Å²) in [7, 11) is 0. The van der Waals surface area contributed by atoms with Crippen LogP contribution in [-0.4, -0.2) is 45.2 Å². The lowest BCUT2D eigenvalue weighted by atomic mass is 9.94. The SMILES string of the molecule is CC(C)N1CCCC(Cc2noc(CC(=O)O)n2)C1. The lowest BCUT2D eigenvalue weighted by Gasteiger charge is -2.35. The van der Waals surface area contributed by atoms with E-state index >= 15 is 0 Å². The zero-order valence-corrected chi connectivity index (χ0v) is 11.5. The molecule has 6 nitrogen and oxygen atoms in total. The molecule has 0 aliphatic carbocycles. The fourth-order valence-electron chi connectivity index (χ4n) is 2.57. The Morgan fingerprint density at radius 2 is 2.37 bits per heavy atom. The molecule has 19 heavy (non-hydrogen) atoms. The smallest absolute Gasteiger partial charge is 0.312 e. The van der Waals surface area contributed by atoms with Crippen LogP contribution in [0.4, 0.5) is 0 Å². The normalized spacial score (nSPS) is 20.9. The van der Waals surface area contributed by atoms with E-state index in [4.69, 9.17) is 9.63 Å². The van der Waals surface area contributed by atoms with E-state index in [1.165, 1.54) is 12.8 Å². The second kappa shape index (κ2) is 6.14. The van der Waals surface area contributed by atoms with Crippen molar-refractivity contribution in [1.29, 1.82) is 0 Å². The topological polar surface area (TPSA) is 79.5 Å². The van der Waals surface area contributed by atoms with Crippen molar-refractivity contribution < 1.29 is 14.4 Å². The van der Waals surface area contributed by atoms with Gasteiger partial charge in [-0.15, -0.1) is 0 Å². The molecule has 0 saturated carbocycles. The molecular formula is C13H21N3O3. The van der Waals surface area contributed by atoms with Gasteiger partial charge < -0.3 is 14.5 Å². The Morgan fingerprint density at radius 1 is 1.58 bits per heavy atom. The number of carbonyl (C=O) groups is 1. The summed E-state index contributed by atoms with van der Waals surface area (Å²) in [5.74, 6) is 0.413. The van der Waals surface area contributed by atoms with Gasteiger partial charge >= 0.3 is 5.97 Å². The number of aromatic nitrogens is 2. The molecule has 1 aromatic rings.